The van der Waals surface area contributed by atoms with Crippen LogP contribution in [0, 0.1) is 14.9 Å². The van der Waals surface area contributed by atoms with Crippen molar-refractivity contribution in [2.75, 3.05) is 13.2 Å². The van der Waals surface area contributed by atoms with E-state index in [0.29, 0.717) is 14.9 Å². The molecule has 3 amide bonds. The number of carbonyl (C=O) groups is 3. The summed E-state index contributed by atoms with van der Waals surface area (Å²) < 4.78 is 10.8. The zero-order chi connectivity index (χ0) is 18.1. The molecule has 0 aromatic heterocycles. The van der Waals surface area contributed by atoms with E-state index in [9.17, 15) is 14.4 Å². The largest absolute Gasteiger partial charge is 0.481 e. The molecule has 0 unspecified atom stereocenters. The van der Waals surface area contributed by atoms with E-state index >= 15 is 0 Å². The van der Waals surface area contributed by atoms with Gasteiger partial charge in [0, 0.05) is 0 Å². The van der Waals surface area contributed by atoms with Crippen LogP contribution in [-0.4, -0.2) is 31.1 Å². The highest BCUT2D eigenvalue weighted by Gasteiger charge is 2.12. The Morgan fingerprint density at radius 3 is 2.67 bits per heavy atom. The van der Waals surface area contributed by atoms with Gasteiger partial charge in [-0.2, -0.15) is 5.26 Å². The topological polar surface area (TPSA) is 132 Å². The van der Waals surface area contributed by atoms with Crippen LogP contribution in [-0.2, 0) is 14.3 Å². The van der Waals surface area contributed by atoms with Gasteiger partial charge in [-0.3, -0.25) is 10.1 Å². The molecule has 0 heterocycles. The van der Waals surface area contributed by atoms with E-state index in [1.165, 1.54) is 6.08 Å². The maximum Gasteiger partial charge on any atom is 0.344 e. The van der Waals surface area contributed by atoms with E-state index in [1.54, 1.807) is 31.2 Å². The Balaban J connectivity index is 2.88. The van der Waals surface area contributed by atoms with Crippen molar-refractivity contribution in [2.24, 2.45) is 5.73 Å². The fourth-order valence-corrected chi connectivity index (χ4v) is 2.25. The number of esters is 1. The average Bonchev–Trinajstić information content (AvgIpc) is 2.51. The number of primary amides is 1. The highest BCUT2D eigenvalue weighted by atomic mass is 127. The number of hydrogen-bond donors (Lipinski definition) is 2. The third kappa shape index (κ3) is 6.25. The van der Waals surface area contributed by atoms with E-state index in [0.717, 1.165) is 0 Å². The van der Waals surface area contributed by atoms with Crippen LogP contribution in [0.25, 0.3) is 6.08 Å². The standard InChI is InChI=1S/C15H14IN3O5/c1-2-23-13(20)8-24-12-4-3-9(6-11(12)16)5-10(7-17)14(21)19-15(18)22/h3-6H,2,8H2,1H3,(H3,18,19,21,22)/b10-5-. The number of nitrogens with one attached hydrogen (secondary N) is 1. The van der Waals surface area contributed by atoms with E-state index in [-0.39, 0.29) is 18.8 Å². The van der Waals surface area contributed by atoms with Gasteiger partial charge in [0.15, 0.2) is 6.61 Å². The molecule has 1 aromatic rings. The number of ether oxygens (including phenoxy) is 2. The van der Waals surface area contributed by atoms with Crippen LogP contribution in [0.2, 0.25) is 0 Å². The summed E-state index contributed by atoms with van der Waals surface area (Å²) in [6, 6.07) is 5.48. The van der Waals surface area contributed by atoms with Gasteiger partial charge in [0.2, 0.25) is 0 Å². The molecule has 0 fully saturated rings. The number of urea groups is 1. The molecule has 0 aliphatic rings. The van der Waals surface area contributed by atoms with E-state index in [2.05, 4.69) is 0 Å². The molecule has 1 rings (SSSR count). The highest BCUT2D eigenvalue weighted by molar-refractivity contribution is 14.1. The number of carbonyl (C=O) groups excluding carboxylic acids is 3. The Hall–Kier alpha value is -2.61. The Bertz CT molecular complexity index is 724. The molecule has 0 saturated heterocycles. The van der Waals surface area contributed by atoms with Gasteiger partial charge in [-0.1, -0.05) is 6.07 Å². The number of halogens is 1. The molecule has 0 atom stereocenters. The second kappa shape index (κ2) is 9.51. The van der Waals surface area contributed by atoms with Crippen molar-refractivity contribution in [1.82, 2.24) is 5.32 Å². The molecule has 8 nitrogen and oxygen atoms in total. The van der Waals surface area contributed by atoms with Crippen molar-refractivity contribution in [3.8, 4) is 11.8 Å². The monoisotopic (exact) mass is 443 g/mol. The smallest absolute Gasteiger partial charge is 0.344 e. The van der Waals surface area contributed by atoms with Gasteiger partial charge in [0.25, 0.3) is 5.91 Å². The SMILES string of the molecule is CCOC(=O)COc1ccc(/C=C(/C#N)C(=O)NC(N)=O)cc1I. The summed E-state index contributed by atoms with van der Waals surface area (Å²) in [5, 5.41) is 10.8. The van der Waals surface area contributed by atoms with Crippen LogP contribution >= 0.6 is 22.6 Å². The Kier molecular flexibility index (Phi) is 7.70. The highest BCUT2D eigenvalue weighted by Crippen LogP contribution is 2.23. The molecule has 0 spiro atoms. The second-order valence-corrected chi connectivity index (χ2v) is 5.43. The zero-order valence-electron chi connectivity index (χ0n) is 12.7. The quantitative estimate of drug-likeness (QED) is 0.295. The Labute approximate surface area is 151 Å². The van der Waals surface area contributed by atoms with Crippen LogP contribution in [0.1, 0.15) is 12.5 Å². The van der Waals surface area contributed by atoms with Gasteiger partial charge < -0.3 is 15.2 Å². The summed E-state index contributed by atoms with van der Waals surface area (Å²) in [5.74, 6) is -0.907. The van der Waals surface area contributed by atoms with Crippen molar-refractivity contribution in [1.29, 1.82) is 5.26 Å². The minimum Gasteiger partial charge on any atom is -0.481 e. The van der Waals surface area contributed by atoms with Crippen LogP contribution in [0.4, 0.5) is 4.79 Å². The molecule has 0 saturated carbocycles. The molecule has 9 heteroatoms. The number of rotatable bonds is 6. The van der Waals surface area contributed by atoms with Gasteiger partial charge in [-0.25, -0.2) is 9.59 Å². The van der Waals surface area contributed by atoms with Gasteiger partial charge in [-0.05, 0) is 53.3 Å². The molecule has 24 heavy (non-hydrogen) atoms. The average molecular weight is 443 g/mol. The van der Waals surface area contributed by atoms with E-state index < -0.39 is 17.9 Å². The molecule has 3 N–H and O–H groups in total. The molecule has 126 valence electrons. The first-order valence-electron chi connectivity index (χ1n) is 6.68. The lowest BCUT2D eigenvalue weighted by atomic mass is 10.1. The van der Waals surface area contributed by atoms with Crippen molar-refractivity contribution in [3.63, 3.8) is 0 Å². The maximum absolute atomic E-state index is 11.6. The molecule has 0 aliphatic heterocycles. The van der Waals surface area contributed by atoms with Crippen molar-refractivity contribution in [3.05, 3.63) is 32.9 Å². The summed E-state index contributed by atoms with van der Waals surface area (Å²) in [7, 11) is 0. The summed E-state index contributed by atoms with van der Waals surface area (Å²) in [4.78, 5) is 33.5. The number of benzene rings is 1. The van der Waals surface area contributed by atoms with Crippen LogP contribution in [0.3, 0.4) is 0 Å². The summed E-state index contributed by atoms with van der Waals surface area (Å²) in [5.41, 5.74) is 5.11. The molecular weight excluding hydrogens is 429 g/mol. The normalized spacial score (nSPS) is 10.5. The van der Waals surface area contributed by atoms with Gasteiger partial charge >= 0.3 is 12.0 Å². The van der Waals surface area contributed by atoms with E-state index in [4.69, 9.17) is 20.5 Å². The van der Waals surface area contributed by atoms with Gasteiger partial charge in [0.05, 0.1) is 10.2 Å². The fourth-order valence-electron chi connectivity index (χ4n) is 1.56. The summed E-state index contributed by atoms with van der Waals surface area (Å²) in [6.45, 7) is 1.75. The first-order valence-corrected chi connectivity index (χ1v) is 7.75. The molecule has 0 aliphatic carbocycles. The first-order chi connectivity index (χ1) is 11.4. The third-order valence-corrected chi connectivity index (χ3v) is 3.36. The number of hydrogen-bond acceptors (Lipinski definition) is 6. The molecule has 1 aromatic carbocycles. The van der Waals surface area contributed by atoms with Crippen molar-refractivity contribution in [2.45, 2.75) is 6.92 Å². The fraction of sp³-hybridized carbons (Fsp3) is 0.200. The van der Waals surface area contributed by atoms with Gasteiger partial charge in [0.1, 0.15) is 17.4 Å². The lowest BCUT2D eigenvalue weighted by Gasteiger charge is -2.08. The zero-order valence-corrected chi connectivity index (χ0v) is 14.8. The molecular formula is C15H14IN3O5. The Morgan fingerprint density at radius 2 is 2.12 bits per heavy atom. The van der Waals surface area contributed by atoms with Crippen molar-refractivity contribution < 1.29 is 23.9 Å². The number of amides is 3. The first kappa shape index (κ1) is 19.4. The number of nitriles is 1. The molecule has 0 bridgehead atoms. The van der Waals surface area contributed by atoms with Crippen LogP contribution < -0.4 is 15.8 Å². The molecule has 0 radical (unpaired) electrons. The minimum absolute atomic E-state index is 0.219. The Morgan fingerprint density at radius 1 is 1.42 bits per heavy atom. The van der Waals surface area contributed by atoms with Crippen molar-refractivity contribution >= 4 is 46.6 Å². The summed E-state index contributed by atoms with van der Waals surface area (Å²) >= 11 is 1.99. The maximum atomic E-state index is 11.6. The number of nitrogens with two attached hydrogens (primary N) is 1. The predicted molar refractivity (Wildman–Crippen MR) is 92.6 cm³/mol. The summed E-state index contributed by atoms with van der Waals surface area (Å²) in [6.07, 6.45) is 1.30. The van der Waals surface area contributed by atoms with Gasteiger partial charge in [-0.15, -0.1) is 0 Å². The lowest BCUT2D eigenvalue weighted by Crippen LogP contribution is -2.35. The van der Waals surface area contributed by atoms with E-state index in [1.807, 2.05) is 27.9 Å². The lowest BCUT2D eigenvalue weighted by molar-refractivity contribution is -0.145. The van der Waals surface area contributed by atoms with Crippen LogP contribution in [0.15, 0.2) is 23.8 Å². The number of nitrogens with zero attached hydrogens (tertiary/aromatic N) is 1. The number of imide groups is 1. The second-order valence-electron chi connectivity index (χ2n) is 4.27. The van der Waals surface area contributed by atoms with Crippen LogP contribution in [0.5, 0.6) is 5.75 Å². The predicted octanol–water partition coefficient (Wildman–Crippen LogP) is 1.33. The third-order valence-electron chi connectivity index (χ3n) is 2.52. The minimum atomic E-state index is -1.04.